The van der Waals surface area contributed by atoms with Gasteiger partial charge in [-0.25, -0.2) is 14.2 Å². The van der Waals surface area contributed by atoms with E-state index in [9.17, 15) is 14.0 Å². The van der Waals surface area contributed by atoms with Crippen LogP contribution in [-0.2, 0) is 4.74 Å². The van der Waals surface area contributed by atoms with Crippen LogP contribution in [0.5, 0.6) is 0 Å². The molecule has 0 bridgehead atoms. The van der Waals surface area contributed by atoms with E-state index in [0.29, 0.717) is 5.69 Å². The first-order valence-corrected chi connectivity index (χ1v) is 6.59. The number of nitrogens with zero attached hydrogens (tertiary/aromatic N) is 2. The second kappa shape index (κ2) is 6.53. The Balaban J connectivity index is 2.23. The Hall–Kier alpha value is -2.47. The third-order valence-electron chi connectivity index (χ3n) is 3.00. The van der Waals surface area contributed by atoms with Gasteiger partial charge in [0.05, 0.1) is 17.7 Å². The van der Waals surface area contributed by atoms with Crippen molar-refractivity contribution in [3.8, 4) is 0 Å². The lowest BCUT2D eigenvalue weighted by Gasteiger charge is -2.17. The van der Waals surface area contributed by atoms with Crippen LogP contribution in [0.4, 0.5) is 10.1 Å². The van der Waals surface area contributed by atoms with Crippen LogP contribution in [0.15, 0.2) is 36.5 Å². The van der Waals surface area contributed by atoms with Crippen LogP contribution in [0.25, 0.3) is 0 Å². The molecular formula is C15H12ClFN2O3. The summed E-state index contributed by atoms with van der Waals surface area (Å²) in [6.45, 7) is 0. The molecule has 22 heavy (non-hydrogen) atoms. The molecule has 1 aromatic carbocycles. The SMILES string of the molecule is COC(=O)c1ccc(C(=O)N(C)c2ccc(F)c(Cl)c2)cn1. The van der Waals surface area contributed by atoms with Crippen molar-refractivity contribution in [2.45, 2.75) is 0 Å². The maximum Gasteiger partial charge on any atom is 0.356 e. The molecule has 2 aromatic rings. The predicted octanol–water partition coefficient (Wildman–Crippen LogP) is 2.94. The highest BCUT2D eigenvalue weighted by molar-refractivity contribution is 6.31. The summed E-state index contributed by atoms with van der Waals surface area (Å²) in [5, 5.41) is -0.0729. The molecule has 1 heterocycles. The lowest BCUT2D eigenvalue weighted by molar-refractivity contribution is 0.0593. The Morgan fingerprint density at radius 1 is 1.27 bits per heavy atom. The Morgan fingerprint density at radius 3 is 2.55 bits per heavy atom. The second-order valence-electron chi connectivity index (χ2n) is 4.39. The number of anilines is 1. The number of hydrogen-bond acceptors (Lipinski definition) is 4. The summed E-state index contributed by atoms with van der Waals surface area (Å²) in [6.07, 6.45) is 1.27. The van der Waals surface area contributed by atoms with Gasteiger partial charge in [0.1, 0.15) is 11.5 Å². The Morgan fingerprint density at radius 2 is 2.00 bits per heavy atom. The third kappa shape index (κ3) is 3.23. The molecule has 0 spiro atoms. The Kier molecular flexibility index (Phi) is 4.72. The van der Waals surface area contributed by atoms with Gasteiger partial charge in [-0.3, -0.25) is 4.79 Å². The number of rotatable bonds is 3. The topological polar surface area (TPSA) is 59.5 Å². The molecule has 0 unspecified atom stereocenters. The van der Waals surface area contributed by atoms with E-state index in [1.807, 2.05) is 0 Å². The number of ether oxygens (including phenoxy) is 1. The fourth-order valence-corrected chi connectivity index (χ4v) is 1.93. The van der Waals surface area contributed by atoms with Gasteiger partial charge in [0.15, 0.2) is 0 Å². The van der Waals surface area contributed by atoms with Crippen molar-refractivity contribution in [3.63, 3.8) is 0 Å². The zero-order valence-electron chi connectivity index (χ0n) is 11.8. The van der Waals surface area contributed by atoms with E-state index >= 15 is 0 Å². The van der Waals surface area contributed by atoms with Crippen LogP contribution in [0.1, 0.15) is 20.8 Å². The number of carbonyl (C=O) groups is 2. The van der Waals surface area contributed by atoms with Crippen molar-refractivity contribution in [2.75, 3.05) is 19.1 Å². The number of esters is 1. The minimum Gasteiger partial charge on any atom is -0.464 e. The summed E-state index contributed by atoms with van der Waals surface area (Å²) in [5.41, 5.74) is 0.815. The van der Waals surface area contributed by atoms with Crippen molar-refractivity contribution >= 4 is 29.2 Å². The highest BCUT2D eigenvalue weighted by Gasteiger charge is 2.16. The summed E-state index contributed by atoms with van der Waals surface area (Å²) in [5.74, 6) is -1.51. The minimum absolute atomic E-state index is 0.0729. The van der Waals surface area contributed by atoms with E-state index in [0.717, 1.165) is 0 Å². The van der Waals surface area contributed by atoms with Gasteiger partial charge in [-0.05, 0) is 30.3 Å². The fraction of sp³-hybridized carbons (Fsp3) is 0.133. The highest BCUT2D eigenvalue weighted by atomic mass is 35.5. The standard InChI is InChI=1S/C15H12ClFN2O3/c1-19(10-4-5-12(17)11(16)7-10)14(20)9-3-6-13(18-8-9)15(21)22-2/h3-8H,1-2H3. The average molecular weight is 323 g/mol. The van der Waals surface area contributed by atoms with Gasteiger partial charge in [-0.2, -0.15) is 0 Å². The smallest absolute Gasteiger partial charge is 0.356 e. The summed E-state index contributed by atoms with van der Waals surface area (Å²) in [6, 6.07) is 6.83. The van der Waals surface area contributed by atoms with Gasteiger partial charge in [0, 0.05) is 18.9 Å². The maximum atomic E-state index is 13.2. The van der Waals surface area contributed by atoms with Gasteiger partial charge in [0.2, 0.25) is 0 Å². The summed E-state index contributed by atoms with van der Waals surface area (Å²) in [4.78, 5) is 28.8. The first-order valence-electron chi connectivity index (χ1n) is 6.21. The first-order chi connectivity index (χ1) is 10.4. The Bertz CT molecular complexity index is 719. The molecule has 0 saturated carbocycles. The molecule has 0 aliphatic heterocycles. The molecule has 0 aliphatic rings. The zero-order chi connectivity index (χ0) is 16.3. The van der Waals surface area contributed by atoms with Crippen LogP contribution in [0.3, 0.4) is 0 Å². The molecule has 0 fully saturated rings. The largest absolute Gasteiger partial charge is 0.464 e. The van der Waals surface area contributed by atoms with E-state index in [2.05, 4.69) is 9.72 Å². The van der Waals surface area contributed by atoms with Gasteiger partial charge >= 0.3 is 5.97 Å². The van der Waals surface area contributed by atoms with E-state index in [1.54, 1.807) is 0 Å². The van der Waals surface area contributed by atoms with E-state index in [-0.39, 0.29) is 22.2 Å². The molecule has 0 atom stereocenters. The molecule has 0 aliphatic carbocycles. The molecule has 1 aromatic heterocycles. The number of aromatic nitrogens is 1. The molecule has 7 heteroatoms. The summed E-state index contributed by atoms with van der Waals surface area (Å²) in [7, 11) is 2.77. The van der Waals surface area contributed by atoms with Crippen LogP contribution in [-0.4, -0.2) is 31.0 Å². The zero-order valence-corrected chi connectivity index (χ0v) is 12.6. The third-order valence-corrected chi connectivity index (χ3v) is 3.29. The van der Waals surface area contributed by atoms with Crippen molar-refractivity contribution < 1.29 is 18.7 Å². The lowest BCUT2D eigenvalue weighted by Crippen LogP contribution is -2.26. The Labute approximate surface area is 131 Å². The number of hydrogen-bond donors (Lipinski definition) is 0. The van der Waals surface area contributed by atoms with E-state index in [4.69, 9.17) is 11.6 Å². The van der Waals surface area contributed by atoms with E-state index in [1.165, 1.54) is 55.6 Å². The number of halogens is 2. The van der Waals surface area contributed by atoms with Gasteiger partial charge in [-0.15, -0.1) is 0 Å². The minimum atomic E-state index is -0.585. The number of benzene rings is 1. The van der Waals surface area contributed by atoms with Crippen LogP contribution >= 0.6 is 11.6 Å². The fourth-order valence-electron chi connectivity index (χ4n) is 1.75. The van der Waals surface area contributed by atoms with Crippen molar-refractivity contribution in [1.29, 1.82) is 0 Å². The number of carbonyl (C=O) groups excluding carboxylic acids is 2. The molecular weight excluding hydrogens is 311 g/mol. The first kappa shape index (κ1) is 15.9. The lowest BCUT2D eigenvalue weighted by atomic mass is 10.2. The van der Waals surface area contributed by atoms with Crippen LogP contribution < -0.4 is 4.90 Å². The molecule has 0 radical (unpaired) electrons. The van der Waals surface area contributed by atoms with Crippen LogP contribution in [0, 0.1) is 5.82 Å². The molecule has 0 N–H and O–H groups in total. The van der Waals surface area contributed by atoms with Crippen molar-refractivity contribution in [3.05, 3.63) is 58.6 Å². The van der Waals surface area contributed by atoms with Gasteiger partial charge < -0.3 is 9.64 Å². The molecule has 2 rings (SSSR count). The molecule has 5 nitrogen and oxygen atoms in total. The molecule has 114 valence electrons. The monoisotopic (exact) mass is 322 g/mol. The molecule has 1 amide bonds. The van der Waals surface area contributed by atoms with Gasteiger partial charge in [-0.1, -0.05) is 11.6 Å². The summed E-state index contributed by atoms with van der Waals surface area (Å²) >= 11 is 5.70. The van der Waals surface area contributed by atoms with Crippen molar-refractivity contribution in [1.82, 2.24) is 4.98 Å². The normalized spacial score (nSPS) is 10.2. The van der Waals surface area contributed by atoms with Gasteiger partial charge in [0.25, 0.3) is 5.91 Å². The second-order valence-corrected chi connectivity index (χ2v) is 4.79. The highest BCUT2D eigenvalue weighted by Crippen LogP contribution is 2.23. The van der Waals surface area contributed by atoms with Crippen molar-refractivity contribution in [2.24, 2.45) is 0 Å². The number of pyridine rings is 1. The summed E-state index contributed by atoms with van der Waals surface area (Å²) < 4.78 is 17.7. The van der Waals surface area contributed by atoms with Crippen LogP contribution in [0.2, 0.25) is 5.02 Å². The van der Waals surface area contributed by atoms with E-state index < -0.39 is 11.8 Å². The quantitative estimate of drug-likeness (QED) is 0.815. The molecule has 0 saturated heterocycles. The predicted molar refractivity (Wildman–Crippen MR) is 79.7 cm³/mol. The average Bonchev–Trinajstić information content (AvgIpc) is 2.55. The maximum absolute atomic E-state index is 13.2. The number of methoxy groups -OCH3 is 1. The number of amides is 1.